The van der Waals surface area contributed by atoms with E-state index in [1.807, 2.05) is 0 Å². The van der Waals surface area contributed by atoms with Crippen molar-refractivity contribution in [2.75, 3.05) is 0 Å². The molecule has 19 heavy (non-hydrogen) atoms. The molecule has 0 aliphatic carbocycles. The van der Waals surface area contributed by atoms with Crippen LogP contribution >= 0.6 is 15.9 Å². The lowest BCUT2D eigenvalue weighted by Gasteiger charge is -2.23. The van der Waals surface area contributed by atoms with Crippen LogP contribution in [-0.4, -0.2) is 6.04 Å². The smallest absolute Gasteiger partial charge is 0.0320 e. The zero-order valence-electron chi connectivity index (χ0n) is 12.7. The van der Waals surface area contributed by atoms with Gasteiger partial charge in [0.2, 0.25) is 0 Å². The summed E-state index contributed by atoms with van der Waals surface area (Å²) in [6.07, 6.45) is 5.05. The standard InChI is InChI=1S/C17H28BrN/c1-5-17(15-10-7-11-16(18)12-15)19-14(4)9-6-8-13(2)3/h7,10-14,17,19H,5-6,8-9H2,1-4H3. The van der Waals surface area contributed by atoms with E-state index in [4.69, 9.17) is 0 Å². The lowest BCUT2D eigenvalue weighted by Crippen LogP contribution is -2.30. The third-order valence-corrected chi connectivity index (χ3v) is 4.06. The van der Waals surface area contributed by atoms with Crippen molar-refractivity contribution in [1.29, 1.82) is 0 Å². The minimum atomic E-state index is 0.464. The van der Waals surface area contributed by atoms with Gasteiger partial charge in [-0.2, -0.15) is 0 Å². The third-order valence-electron chi connectivity index (χ3n) is 3.56. The monoisotopic (exact) mass is 325 g/mol. The second-order valence-corrected chi connectivity index (χ2v) is 6.82. The van der Waals surface area contributed by atoms with Gasteiger partial charge in [0.05, 0.1) is 0 Å². The highest BCUT2D eigenvalue weighted by Crippen LogP contribution is 2.22. The van der Waals surface area contributed by atoms with E-state index in [1.54, 1.807) is 0 Å². The van der Waals surface area contributed by atoms with Crippen molar-refractivity contribution in [2.24, 2.45) is 5.92 Å². The summed E-state index contributed by atoms with van der Waals surface area (Å²) in [5.74, 6) is 0.819. The van der Waals surface area contributed by atoms with Gasteiger partial charge in [0, 0.05) is 16.6 Å². The Balaban J connectivity index is 2.47. The van der Waals surface area contributed by atoms with Crippen molar-refractivity contribution in [3.63, 3.8) is 0 Å². The molecule has 0 fully saturated rings. The van der Waals surface area contributed by atoms with Gasteiger partial charge >= 0.3 is 0 Å². The molecule has 0 radical (unpaired) electrons. The Morgan fingerprint density at radius 1 is 1.16 bits per heavy atom. The van der Waals surface area contributed by atoms with Gasteiger partial charge in [-0.15, -0.1) is 0 Å². The average molecular weight is 326 g/mol. The summed E-state index contributed by atoms with van der Waals surface area (Å²) in [6, 6.07) is 9.69. The van der Waals surface area contributed by atoms with Gasteiger partial charge in [0.15, 0.2) is 0 Å². The van der Waals surface area contributed by atoms with E-state index in [2.05, 4.69) is 73.2 Å². The summed E-state index contributed by atoms with van der Waals surface area (Å²) in [6.45, 7) is 9.16. The van der Waals surface area contributed by atoms with Crippen molar-refractivity contribution in [1.82, 2.24) is 5.32 Å². The SMILES string of the molecule is CCC(NC(C)CCCC(C)C)c1cccc(Br)c1. The summed E-state index contributed by atoms with van der Waals surface area (Å²) in [4.78, 5) is 0. The van der Waals surface area contributed by atoms with Crippen LogP contribution in [0.2, 0.25) is 0 Å². The molecule has 1 nitrogen and oxygen atoms in total. The lowest BCUT2D eigenvalue weighted by molar-refractivity contribution is 0.404. The van der Waals surface area contributed by atoms with Gasteiger partial charge in [-0.3, -0.25) is 0 Å². The van der Waals surface area contributed by atoms with Crippen LogP contribution in [0.25, 0.3) is 0 Å². The predicted molar refractivity (Wildman–Crippen MR) is 88.5 cm³/mol. The van der Waals surface area contributed by atoms with Crippen LogP contribution in [0.3, 0.4) is 0 Å². The fraction of sp³-hybridized carbons (Fsp3) is 0.647. The molecular weight excluding hydrogens is 298 g/mol. The Kier molecular flexibility index (Phi) is 7.70. The molecule has 1 aromatic rings. The van der Waals surface area contributed by atoms with Gasteiger partial charge in [0.25, 0.3) is 0 Å². The Hall–Kier alpha value is -0.340. The number of hydrogen-bond acceptors (Lipinski definition) is 1. The van der Waals surface area contributed by atoms with Crippen LogP contribution in [0.1, 0.15) is 65.0 Å². The lowest BCUT2D eigenvalue weighted by atomic mass is 10.0. The average Bonchev–Trinajstić information content (AvgIpc) is 2.35. The summed E-state index contributed by atoms with van der Waals surface area (Å²) >= 11 is 3.56. The zero-order chi connectivity index (χ0) is 14.3. The Labute approximate surface area is 127 Å². The summed E-state index contributed by atoms with van der Waals surface area (Å²) in [5, 5.41) is 3.76. The molecule has 1 aromatic carbocycles. The van der Waals surface area contributed by atoms with Gasteiger partial charge in [0.1, 0.15) is 0 Å². The first kappa shape index (κ1) is 16.7. The molecule has 0 saturated carbocycles. The molecule has 0 aromatic heterocycles. The number of rotatable bonds is 8. The Morgan fingerprint density at radius 2 is 1.89 bits per heavy atom. The number of hydrogen-bond donors (Lipinski definition) is 1. The molecule has 1 N–H and O–H groups in total. The predicted octanol–water partition coefficient (Wildman–Crippen LogP) is 5.70. The maximum Gasteiger partial charge on any atom is 0.0320 e. The van der Waals surface area contributed by atoms with Crippen LogP contribution in [0.15, 0.2) is 28.7 Å². The fourth-order valence-electron chi connectivity index (χ4n) is 2.43. The minimum absolute atomic E-state index is 0.464. The maximum absolute atomic E-state index is 3.76. The highest BCUT2D eigenvalue weighted by molar-refractivity contribution is 9.10. The first-order chi connectivity index (χ1) is 9.02. The van der Waals surface area contributed by atoms with E-state index in [1.165, 1.54) is 24.8 Å². The van der Waals surface area contributed by atoms with Crippen molar-refractivity contribution in [2.45, 2.75) is 65.5 Å². The van der Waals surface area contributed by atoms with E-state index in [0.717, 1.165) is 16.8 Å². The normalized spacial score (nSPS) is 14.6. The van der Waals surface area contributed by atoms with E-state index < -0.39 is 0 Å². The molecule has 0 saturated heterocycles. The van der Waals surface area contributed by atoms with E-state index in [9.17, 15) is 0 Å². The van der Waals surface area contributed by atoms with E-state index >= 15 is 0 Å². The van der Waals surface area contributed by atoms with Crippen molar-refractivity contribution in [3.05, 3.63) is 34.3 Å². The number of nitrogens with one attached hydrogen (secondary N) is 1. The van der Waals surface area contributed by atoms with Crippen molar-refractivity contribution < 1.29 is 0 Å². The second-order valence-electron chi connectivity index (χ2n) is 5.91. The fourth-order valence-corrected chi connectivity index (χ4v) is 2.85. The molecule has 1 rings (SSSR count). The summed E-state index contributed by atoms with van der Waals surface area (Å²) < 4.78 is 1.16. The quantitative estimate of drug-likeness (QED) is 0.646. The zero-order valence-corrected chi connectivity index (χ0v) is 14.3. The molecule has 2 atom stereocenters. The molecule has 0 spiro atoms. The first-order valence-electron chi connectivity index (χ1n) is 7.54. The molecule has 0 aliphatic heterocycles. The van der Waals surface area contributed by atoms with Gasteiger partial charge in [-0.05, 0) is 43.4 Å². The van der Waals surface area contributed by atoms with Crippen LogP contribution in [-0.2, 0) is 0 Å². The van der Waals surface area contributed by atoms with Crippen molar-refractivity contribution in [3.8, 4) is 0 Å². The second kappa shape index (κ2) is 8.76. The molecule has 2 unspecified atom stereocenters. The summed E-state index contributed by atoms with van der Waals surface area (Å²) in [7, 11) is 0. The van der Waals surface area contributed by atoms with E-state index in [-0.39, 0.29) is 0 Å². The molecule has 0 aliphatic rings. The Bertz CT molecular complexity index is 362. The van der Waals surface area contributed by atoms with Crippen LogP contribution < -0.4 is 5.32 Å². The highest BCUT2D eigenvalue weighted by atomic mass is 79.9. The topological polar surface area (TPSA) is 12.0 Å². The maximum atomic E-state index is 3.76. The summed E-state index contributed by atoms with van der Waals surface area (Å²) in [5.41, 5.74) is 1.38. The Morgan fingerprint density at radius 3 is 2.47 bits per heavy atom. The van der Waals surface area contributed by atoms with Gasteiger partial charge in [-0.1, -0.05) is 61.7 Å². The molecule has 2 heteroatoms. The number of benzene rings is 1. The van der Waals surface area contributed by atoms with Gasteiger partial charge in [-0.25, -0.2) is 0 Å². The van der Waals surface area contributed by atoms with E-state index in [0.29, 0.717) is 12.1 Å². The van der Waals surface area contributed by atoms with Crippen LogP contribution in [0.5, 0.6) is 0 Å². The highest BCUT2D eigenvalue weighted by Gasteiger charge is 2.12. The first-order valence-corrected chi connectivity index (χ1v) is 8.33. The van der Waals surface area contributed by atoms with Gasteiger partial charge < -0.3 is 5.32 Å². The molecule has 0 amide bonds. The molecule has 108 valence electrons. The minimum Gasteiger partial charge on any atom is -0.307 e. The third kappa shape index (κ3) is 6.58. The van der Waals surface area contributed by atoms with Crippen LogP contribution in [0.4, 0.5) is 0 Å². The molecular formula is C17H28BrN. The molecule has 0 heterocycles. The molecule has 0 bridgehead atoms. The largest absolute Gasteiger partial charge is 0.307 e. The van der Waals surface area contributed by atoms with Crippen molar-refractivity contribution >= 4 is 15.9 Å². The number of halogens is 1. The van der Waals surface area contributed by atoms with Crippen LogP contribution in [0, 0.1) is 5.92 Å².